The minimum absolute atomic E-state index is 0.381. The van der Waals surface area contributed by atoms with Gasteiger partial charge in [0, 0.05) is 24.0 Å². The van der Waals surface area contributed by atoms with Crippen LogP contribution in [-0.4, -0.2) is 25.1 Å². The summed E-state index contributed by atoms with van der Waals surface area (Å²) < 4.78 is 0. The van der Waals surface area contributed by atoms with Gasteiger partial charge >= 0.3 is 0 Å². The maximum absolute atomic E-state index is 4.79. The number of hydrogen-bond donors (Lipinski definition) is 1. The van der Waals surface area contributed by atoms with Gasteiger partial charge in [0.1, 0.15) is 0 Å². The van der Waals surface area contributed by atoms with Crippen molar-refractivity contribution in [2.75, 3.05) is 25.0 Å². The van der Waals surface area contributed by atoms with Crippen molar-refractivity contribution >= 4 is 16.5 Å². The number of aromatic nitrogens is 1. The summed E-state index contributed by atoms with van der Waals surface area (Å²) in [6, 6.07) is 0.381. The number of nitrogens with one attached hydrogen (secondary N) is 1. The molecular formula is C15H29N3S. The van der Waals surface area contributed by atoms with E-state index in [0.717, 1.165) is 13.1 Å². The standard InChI is InChI=1S/C15H29N3S/c1-10(2)8-18(9-11(3)4)15-17-13(6)14(19-15)12(5)16-7/h10-12,16H,8-9H2,1-7H3. The topological polar surface area (TPSA) is 28.2 Å². The SMILES string of the molecule is CNC(C)c1sc(N(CC(C)C)CC(C)C)nc1C. The predicted octanol–water partition coefficient (Wildman–Crippen LogP) is 3.85. The normalized spacial score (nSPS) is 13.3. The largest absolute Gasteiger partial charge is 0.348 e. The Morgan fingerprint density at radius 3 is 2.05 bits per heavy atom. The highest BCUT2D eigenvalue weighted by molar-refractivity contribution is 7.15. The molecule has 0 radical (unpaired) electrons. The minimum atomic E-state index is 0.381. The van der Waals surface area contributed by atoms with E-state index in [1.54, 1.807) is 0 Å². The second-order valence-corrected chi connectivity index (χ2v) is 7.16. The third kappa shape index (κ3) is 4.77. The third-order valence-corrected chi connectivity index (χ3v) is 4.49. The van der Waals surface area contributed by atoms with Crippen molar-refractivity contribution in [1.82, 2.24) is 10.3 Å². The lowest BCUT2D eigenvalue weighted by molar-refractivity contribution is 0.551. The summed E-state index contributed by atoms with van der Waals surface area (Å²) >= 11 is 1.84. The van der Waals surface area contributed by atoms with Gasteiger partial charge < -0.3 is 10.2 Å². The van der Waals surface area contributed by atoms with Gasteiger partial charge in [0.15, 0.2) is 5.13 Å². The smallest absolute Gasteiger partial charge is 0.185 e. The van der Waals surface area contributed by atoms with Crippen LogP contribution in [0.2, 0.25) is 0 Å². The molecule has 4 heteroatoms. The van der Waals surface area contributed by atoms with Gasteiger partial charge in [0.05, 0.1) is 5.69 Å². The Balaban J connectivity index is 2.95. The van der Waals surface area contributed by atoms with Gasteiger partial charge in [0.2, 0.25) is 0 Å². The zero-order valence-electron chi connectivity index (χ0n) is 13.4. The molecule has 0 aliphatic carbocycles. The summed E-state index contributed by atoms with van der Waals surface area (Å²) in [6.07, 6.45) is 0. The first-order chi connectivity index (χ1) is 8.85. The van der Waals surface area contributed by atoms with E-state index in [-0.39, 0.29) is 0 Å². The number of nitrogens with zero attached hydrogens (tertiary/aromatic N) is 2. The molecule has 0 aliphatic heterocycles. The van der Waals surface area contributed by atoms with Crippen LogP contribution in [0.1, 0.15) is 51.2 Å². The molecule has 0 aromatic carbocycles. The summed E-state index contributed by atoms with van der Waals surface area (Å²) in [5.41, 5.74) is 1.17. The van der Waals surface area contributed by atoms with Gasteiger partial charge in [-0.1, -0.05) is 27.7 Å². The van der Waals surface area contributed by atoms with Gasteiger partial charge in [-0.2, -0.15) is 0 Å². The molecule has 19 heavy (non-hydrogen) atoms. The number of aryl methyl sites for hydroxylation is 1. The Bertz CT molecular complexity index is 375. The van der Waals surface area contributed by atoms with E-state index in [1.165, 1.54) is 15.7 Å². The second kappa shape index (κ2) is 7.25. The number of rotatable bonds is 7. The van der Waals surface area contributed by atoms with Crippen LogP contribution >= 0.6 is 11.3 Å². The maximum Gasteiger partial charge on any atom is 0.185 e. The minimum Gasteiger partial charge on any atom is -0.348 e. The molecule has 1 N–H and O–H groups in total. The third-order valence-electron chi connectivity index (χ3n) is 3.09. The zero-order chi connectivity index (χ0) is 14.6. The van der Waals surface area contributed by atoms with Crippen LogP contribution in [-0.2, 0) is 0 Å². The van der Waals surface area contributed by atoms with E-state index in [2.05, 4.69) is 51.8 Å². The van der Waals surface area contributed by atoms with Crippen molar-refractivity contribution in [1.29, 1.82) is 0 Å². The average Bonchev–Trinajstić information content (AvgIpc) is 2.68. The van der Waals surface area contributed by atoms with E-state index in [0.29, 0.717) is 17.9 Å². The first-order valence-electron chi connectivity index (χ1n) is 7.24. The molecular weight excluding hydrogens is 254 g/mol. The second-order valence-electron chi connectivity index (χ2n) is 6.15. The first kappa shape index (κ1) is 16.4. The molecule has 1 unspecified atom stereocenters. The molecule has 0 bridgehead atoms. The van der Waals surface area contributed by atoms with Crippen LogP contribution in [0.4, 0.5) is 5.13 Å². The van der Waals surface area contributed by atoms with Crippen LogP contribution in [0.5, 0.6) is 0 Å². The molecule has 0 saturated carbocycles. The van der Waals surface area contributed by atoms with E-state index in [4.69, 9.17) is 4.98 Å². The fourth-order valence-electron chi connectivity index (χ4n) is 2.17. The Hall–Kier alpha value is -0.610. The molecule has 0 aliphatic rings. The van der Waals surface area contributed by atoms with Crippen molar-refractivity contribution in [3.05, 3.63) is 10.6 Å². The van der Waals surface area contributed by atoms with Gasteiger partial charge in [0.25, 0.3) is 0 Å². The van der Waals surface area contributed by atoms with Crippen LogP contribution < -0.4 is 10.2 Å². The molecule has 110 valence electrons. The predicted molar refractivity (Wildman–Crippen MR) is 86.2 cm³/mol. The van der Waals surface area contributed by atoms with Gasteiger partial charge in [-0.25, -0.2) is 4.98 Å². The lowest BCUT2D eigenvalue weighted by Gasteiger charge is -2.25. The molecule has 0 saturated heterocycles. The lowest BCUT2D eigenvalue weighted by atomic mass is 10.1. The molecule has 0 amide bonds. The number of anilines is 1. The lowest BCUT2D eigenvalue weighted by Crippen LogP contribution is -2.31. The monoisotopic (exact) mass is 283 g/mol. The molecule has 3 nitrogen and oxygen atoms in total. The summed E-state index contributed by atoms with van der Waals surface area (Å²) in [5, 5.41) is 4.49. The average molecular weight is 283 g/mol. The molecule has 1 aromatic rings. The maximum atomic E-state index is 4.79. The Kier molecular flexibility index (Phi) is 6.27. The Morgan fingerprint density at radius 2 is 1.63 bits per heavy atom. The van der Waals surface area contributed by atoms with Crippen molar-refractivity contribution in [3.63, 3.8) is 0 Å². The molecule has 0 fully saturated rings. The fraction of sp³-hybridized carbons (Fsp3) is 0.800. The first-order valence-corrected chi connectivity index (χ1v) is 8.06. The van der Waals surface area contributed by atoms with E-state index < -0.39 is 0 Å². The van der Waals surface area contributed by atoms with Gasteiger partial charge in [-0.3, -0.25) is 0 Å². The Labute approximate surface area is 122 Å². The van der Waals surface area contributed by atoms with Gasteiger partial charge in [-0.15, -0.1) is 11.3 Å². The zero-order valence-corrected chi connectivity index (χ0v) is 14.3. The van der Waals surface area contributed by atoms with Crippen LogP contribution in [0.3, 0.4) is 0 Å². The quantitative estimate of drug-likeness (QED) is 0.824. The van der Waals surface area contributed by atoms with Crippen molar-refractivity contribution < 1.29 is 0 Å². The fourth-order valence-corrected chi connectivity index (χ4v) is 3.32. The van der Waals surface area contributed by atoms with Crippen molar-refractivity contribution in [2.24, 2.45) is 11.8 Å². The van der Waals surface area contributed by atoms with E-state index in [9.17, 15) is 0 Å². The van der Waals surface area contributed by atoms with E-state index in [1.807, 2.05) is 18.4 Å². The summed E-state index contributed by atoms with van der Waals surface area (Å²) in [6.45, 7) is 15.5. The van der Waals surface area contributed by atoms with Crippen LogP contribution in [0.15, 0.2) is 0 Å². The van der Waals surface area contributed by atoms with Gasteiger partial charge in [-0.05, 0) is 32.7 Å². The highest BCUT2D eigenvalue weighted by atomic mass is 32.1. The molecule has 1 heterocycles. The molecule has 1 aromatic heterocycles. The number of hydrogen-bond acceptors (Lipinski definition) is 4. The van der Waals surface area contributed by atoms with Crippen LogP contribution in [0, 0.1) is 18.8 Å². The highest BCUT2D eigenvalue weighted by Gasteiger charge is 2.18. The molecule has 1 atom stereocenters. The van der Waals surface area contributed by atoms with Crippen molar-refractivity contribution in [2.45, 2.75) is 47.6 Å². The van der Waals surface area contributed by atoms with E-state index >= 15 is 0 Å². The molecule has 0 spiro atoms. The summed E-state index contributed by atoms with van der Waals surface area (Å²) in [4.78, 5) is 8.59. The number of thiazole rings is 1. The summed E-state index contributed by atoms with van der Waals surface area (Å²) in [5.74, 6) is 1.32. The van der Waals surface area contributed by atoms with Crippen molar-refractivity contribution in [3.8, 4) is 0 Å². The Morgan fingerprint density at radius 1 is 1.11 bits per heavy atom. The highest BCUT2D eigenvalue weighted by Crippen LogP contribution is 2.31. The van der Waals surface area contributed by atoms with Crippen LogP contribution in [0.25, 0.3) is 0 Å². The summed E-state index contributed by atoms with van der Waals surface area (Å²) in [7, 11) is 2.00. The molecule has 1 rings (SSSR count).